The van der Waals surface area contributed by atoms with Crippen LogP contribution < -0.4 is 0 Å². The molecule has 0 saturated carbocycles. The summed E-state index contributed by atoms with van der Waals surface area (Å²) in [6, 6.07) is 0. The fourth-order valence-corrected chi connectivity index (χ4v) is 0.809. The summed E-state index contributed by atoms with van der Waals surface area (Å²) in [4.78, 5) is 10.0. The van der Waals surface area contributed by atoms with Gasteiger partial charge in [0, 0.05) is 6.42 Å². The molecule has 0 heterocycles. The summed E-state index contributed by atoms with van der Waals surface area (Å²) < 4.78 is 35.3. The van der Waals surface area contributed by atoms with Gasteiger partial charge >= 0.3 is 6.18 Å². The lowest BCUT2D eigenvalue weighted by Crippen LogP contribution is -2.26. The van der Waals surface area contributed by atoms with E-state index in [-0.39, 0.29) is 5.92 Å². The maximum atomic E-state index is 11.8. The molecule has 1 N–H and O–H groups in total. The molecule has 0 aliphatic heterocycles. The van der Waals surface area contributed by atoms with Crippen LogP contribution in [-0.2, 0) is 4.79 Å². The second-order valence-corrected chi connectivity index (χ2v) is 3.16. The highest BCUT2D eigenvalue weighted by Gasteiger charge is 2.35. The Kier molecular flexibility index (Phi) is 5.45. The van der Waals surface area contributed by atoms with Crippen molar-refractivity contribution in [2.45, 2.75) is 32.0 Å². The van der Waals surface area contributed by atoms with Crippen molar-refractivity contribution in [2.75, 3.05) is 0 Å². The van der Waals surface area contributed by atoms with Crippen LogP contribution in [0.2, 0.25) is 0 Å². The van der Waals surface area contributed by atoms with E-state index in [4.69, 9.17) is 5.11 Å². The highest BCUT2D eigenvalue weighted by molar-refractivity contribution is 5.49. The first kappa shape index (κ1) is 13.2. The summed E-state index contributed by atoms with van der Waals surface area (Å²) >= 11 is 0. The van der Waals surface area contributed by atoms with Gasteiger partial charge in [-0.15, -0.1) is 0 Å². The van der Waals surface area contributed by atoms with E-state index in [1.165, 1.54) is 6.08 Å². The van der Waals surface area contributed by atoms with Crippen molar-refractivity contribution < 1.29 is 23.1 Å². The molecule has 2 unspecified atom stereocenters. The molecule has 5 heteroatoms. The first-order valence-electron chi connectivity index (χ1n) is 4.23. The summed E-state index contributed by atoms with van der Waals surface area (Å²) in [5.74, 6) is 0.00387. The minimum atomic E-state index is -4.61. The molecule has 0 fully saturated rings. The zero-order valence-electron chi connectivity index (χ0n) is 7.79. The van der Waals surface area contributed by atoms with Crippen molar-refractivity contribution in [1.29, 1.82) is 0 Å². The molecule has 0 amide bonds. The second-order valence-electron chi connectivity index (χ2n) is 3.16. The third-order valence-electron chi connectivity index (χ3n) is 1.69. The minimum absolute atomic E-state index is 0.00387. The highest BCUT2D eigenvalue weighted by Crippen LogP contribution is 2.21. The number of hydrogen-bond donors (Lipinski definition) is 1. The summed E-state index contributed by atoms with van der Waals surface area (Å²) in [5, 5.41) is 8.55. The third kappa shape index (κ3) is 5.75. The van der Waals surface area contributed by atoms with Crippen LogP contribution in [0.25, 0.3) is 0 Å². The van der Waals surface area contributed by atoms with Crippen LogP contribution in [0.15, 0.2) is 12.2 Å². The molecule has 2 nitrogen and oxygen atoms in total. The molecule has 0 aromatic heterocycles. The Bertz CT molecular complexity index is 199. The first-order valence-corrected chi connectivity index (χ1v) is 4.23. The van der Waals surface area contributed by atoms with Gasteiger partial charge in [-0.1, -0.05) is 19.1 Å². The number of carbonyl (C=O) groups is 1. The lowest BCUT2D eigenvalue weighted by atomic mass is 10.0. The summed E-state index contributed by atoms with van der Waals surface area (Å²) in [5.41, 5.74) is 0. The van der Waals surface area contributed by atoms with Gasteiger partial charge < -0.3 is 9.90 Å². The van der Waals surface area contributed by atoms with E-state index in [0.717, 1.165) is 6.29 Å². The maximum absolute atomic E-state index is 11.8. The smallest absolute Gasteiger partial charge is 0.380 e. The summed E-state index contributed by atoms with van der Waals surface area (Å²) in [6.07, 6.45) is -3.69. The Labute approximate surface area is 80.4 Å². The standard InChI is InChI=1S/C9H13F3O2/c1-7(5-6-13)3-2-4-8(14)9(10,11)12/h2,4,6-8,14H,3,5H2,1H3. The lowest BCUT2D eigenvalue weighted by Gasteiger charge is -2.10. The lowest BCUT2D eigenvalue weighted by molar-refractivity contribution is -0.187. The number of aliphatic hydroxyl groups excluding tert-OH is 1. The zero-order chi connectivity index (χ0) is 11.2. The van der Waals surface area contributed by atoms with Crippen LogP contribution in [0.5, 0.6) is 0 Å². The van der Waals surface area contributed by atoms with Gasteiger partial charge in [-0.05, 0) is 12.3 Å². The fourth-order valence-electron chi connectivity index (χ4n) is 0.809. The number of aldehydes is 1. The first-order chi connectivity index (χ1) is 6.38. The monoisotopic (exact) mass is 210 g/mol. The number of alkyl halides is 3. The molecule has 0 aromatic rings. The number of allylic oxidation sites excluding steroid dienone is 1. The molecule has 0 bridgehead atoms. The Morgan fingerprint density at radius 1 is 1.36 bits per heavy atom. The van der Waals surface area contributed by atoms with Crippen molar-refractivity contribution in [3.8, 4) is 0 Å². The van der Waals surface area contributed by atoms with E-state index in [9.17, 15) is 18.0 Å². The second kappa shape index (κ2) is 5.80. The minimum Gasteiger partial charge on any atom is -0.380 e. The van der Waals surface area contributed by atoms with E-state index in [2.05, 4.69) is 0 Å². The van der Waals surface area contributed by atoms with Gasteiger partial charge in [-0.25, -0.2) is 0 Å². The molecule has 82 valence electrons. The number of rotatable bonds is 5. The van der Waals surface area contributed by atoms with Crippen LogP contribution in [0.3, 0.4) is 0 Å². The van der Waals surface area contributed by atoms with Crippen molar-refractivity contribution in [3.05, 3.63) is 12.2 Å². The molecule has 0 aromatic carbocycles. The van der Waals surface area contributed by atoms with Gasteiger partial charge in [0.05, 0.1) is 0 Å². The van der Waals surface area contributed by atoms with Gasteiger partial charge in [0.2, 0.25) is 0 Å². The van der Waals surface area contributed by atoms with Crippen molar-refractivity contribution >= 4 is 6.29 Å². The SMILES string of the molecule is CC(CC=O)CC=CC(O)C(F)(F)F. The van der Waals surface area contributed by atoms with Crippen molar-refractivity contribution in [1.82, 2.24) is 0 Å². The third-order valence-corrected chi connectivity index (χ3v) is 1.69. The van der Waals surface area contributed by atoms with E-state index < -0.39 is 12.3 Å². The molecule has 14 heavy (non-hydrogen) atoms. The Morgan fingerprint density at radius 3 is 2.36 bits per heavy atom. The van der Waals surface area contributed by atoms with E-state index in [0.29, 0.717) is 18.9 Å². The topological polar surface area (TPSA) is 37.3 Å². The number of carbonyl (C=O) groups excluding carboxylic acids is 1. The van der Waals surface area contributed by atoms with Crippen LogP contribution in [0, 0.1) is 5.92 Å². The highest BCUT2D eigenvalue weighted by atomic mass is 19.4. The van der Waals surface area contributed by atoms with Gasteiger partial charge in [0.15, 0.2) is 6.10 Å². The van der Waals surface area contributed by atoms with Crippen LogP contribution in [0.4, 0.5) is 13.2 Å². The van der Waals surface area contributed by atoms with Crippen molar-refractivity contribution in [3.63, 3.8) is 0 Å². The van der Waals surface area contributed by atoms with Gasteiger partial charge in [0.1, 0.15) is 6.29 Å². The summed E-state index contributed by atoms with van der Waals surface area (Å²) in [6.45, 7) is 1.75. The molecule has 0 rings (SSSR count). The average Bonchev–Trinajstić information content (AvgIpc) is 2.02. The number of halogens is 3. The Hall–Kier alpha value is -0.840. The quantitative estimate of drug-likeness (QED) is 0.557. The normalized spacial score (nSPS) is 16.9. The molecule has 0 spiro atoms. The van der Waals surface area contributed by atoms with Crippen LogP contribution >= 0.6 is 0 Å². The molecular formula is C9H13F3O2. The summed E-state index contributed by atoms with van der Waals surface area (Å²) in [7, 11) is 0. The fraction of sp³-hybridized carbons (Fsp3) is 0.667. The molecular weight excluding hydrogens is 197 g/mol. The Morgan fingerprint density at radius 2 is 1.93 bits per heavy atom. The predicted molar refractivity (Wildman–Crippen MR) is 45.7 cm³/mol. The van der Waals surface area contributed by atoms with Crippen LogP contribution in [0.1, 0.15) is 19.8 Å². The van der Waals surface area contributed by atoms with Gasteiger partial charge in [-0.3, -0.25) is 0 Å². The average molecular weight is 210 g/mol. The predicted octanol–water partition coefficient (Wildman–Crippen LogP) is 2.08. The molecule has 0 aliphatic carbocycles. The van der Waals surface area contributed by atoms with Crippen molar-refractivity contribution in [2.24, 2.45) is 5.92 Å². The largest absolute Gasteiger partial charge is 0.417 e. The number of hydrogen-bond acceptors (Lipinski definition) is 2. The molecule has 0 radical (unpaired) electrons. The van der Waals surface area contributed by atoms with E-state index >= 15 is 0 Å². The number of aliphatic hydroxyl groups is 1. The van der Waals surface area contributed by atoms with E-state index in [1.54, 1.807) is 6.92 Å². The molecule has 0 aliphatic rings. The molecule has 2 atom stereocenters. The van der Waals surface area contributed by atoms with Gasteiger partial charge in [0.25, 0.3) is 0 Å². The van der Waals surface area contributed by atoms with Crippen LogP contribution in [-0.4, -0.2) is 23.7 Å². The van der Waals surface area contributed by atoms with Gasteiger partial charge in [-0.2, -0.15) is 13.2 Å². The zero-order valence-corrected chi connectivity index (χ0v) is 7.79. The Balaban J connectivity index is 3.88. The van der Waals surface area contributed by atoms with E-state index in [1.807, 2.05) is 0 Å². The maximum Gasteiger partial charge on any atom is 0.417 e. The molecule has 0 saturated heterocycles.